The average molecular weight is 357 g/mol. The van der Waals surface area contributed by atoms with Gasteiger partial charge in [0.2, 0.25) is 0 Å². The maximum Gasteiger partial charge on any atom is 0.290 e. The second-order valence-electron chi connectivity index (χ2n) is 7.49. The Morgan fingerprint density at radius 3 is 2.92 bits per heavy atom. The predicted molar refractivity (Wildman–Crippen MR) is 97.0 cm³/mol. The highest BCUT2D eigenvalue weighted by Crippen LogP contribution is 2.28. The lowest BCUT2D eigenvalue weighted by Crippen LogP contribution is -2.41. The van der Waals surface area contributed by atoms with Crippen molar-refractivity contribution in [2.24, 2.45) is 5.92 Å². The molecule has 1 atom stereocenters. The Morgan fingerprint density at radius 2 is 2.23 bits per heavy atom. The average Bonchev–Trinajstić information content (AvgIpc) is 3.19. The van der Waals surface area contributed by atoms with Gasteiger partial charge in [-0.1, -0.05) is 6.42 Å². The molecule has 0 spiro atoms. The van der Waals surface area contributed by atoms with Crippen molar-refractivity contribution < 1.29 is 13.9 Å². The number of aryl methyl sites for hydroxylation is 1. The maximum atomic E-state index is 12.8. The van der Waals surface area contributed by atoms with E-state index in [4.69, 9.17) is 9.15 Å². The first-order valence-corrected chi connectivity index (χ1v) is 9.62. The van der Waals surface area contributed by atoms with Crippen molar-refractivity contribution >= 4 is 5.91 Å². The Balaban J connectivity index is 1.39. The molecule has 6 heteroatoms. The molecule has 0 N–H and O–H groups in total. The number of hydrogen-bond acceptors (Lipinski definition) is 4. The molecule has 0 unspecified atom stereocenters. The number of carbonyl (C=O) groups is 1. The normalized spacial score (nSPS) is 20.1. The van der Waals surface area contributed by atoms with Gasteiger partial charge in [-0.2, -0.15) is 0 Å². The minimum Gasteiger partial charge on any atom is -0.459 e. The van der Waals surface area contributed by atoms with Gasteiger partial charge in [-0.25, -0.2) is 4.98 Å². The fraction of sp³-hybridized carbons (Fsp3) is 0.600. The van der Waals surface area contributed by atoms with Gasteiger partial charge < -0.3 is 18.6 Å². The van der Waals surface area contributed by atoms with Crippen molar-refractivity contribution in [1.82, 2.24) is 14.5 Å². The lowest BCUT2D eigenvalue weighted by atomic mass is 9.86. The summed E-state index contributed by atoms with van der Waals surface area (Å²) in [5, 5.41) is 0. The molecule has 1 fully saturated rings. The molecule has 1 saturated carbocycles. The van der Waals surface area contributed by atoms with Crippen LogP contribution in [-0.2, 0) is 17.7 Å². The van der Waals surface area contributed by atoms with Crippen LogP contribution < -0.4 is 0 Å². The van der Waals surface area contributed by atoms with Crippen molar-refractivity contribution in [3.05, 3.63) is 41.4 Å². The van der Waals surface area contributed by atoms with Crippen molar-refractivity contribution in [1.29, 1.82) is 0 Å². The van der Waals surface area contributed by atoms with Gasteiger partial charge in [-0.3, -0.25) is 4.79 Å². The highest BCUT2D eigenvalue weighted by Gasteiger charge is 2.32. The van der Waals surface area contributed by atoms with Crippen LogP contribution in [0.1, 0.15) is 59.9 Å². The van der Waals surface area contributed by atoms with Crippen molar-refractivity contribution in [2.45, 2.75) is 52.1 Å². The smallest absolute Gasteiger partial charge is 0.290 e. The highest BCUT2D eigenvalue weighted by molar-refractivity contribution is 5.93. The second-order valence-corrected chi connectivity index (χ2v) is 7.49. The first kappa shape index (κ1) is 17.3. The lowest BCUT2D eigenvalue weighted by molar-refractivity contribution is 0.0596. The molecule has 1 amide bonds. The number of carbonyl (C=O) groups excluding carboxylic acids is 1. The molecule has 0 bridgehead atoms. The van der Waals surface area contributed by atoms with Gasteiger partial charge in [-0.05, 0) is 38.7 Å². The van der Waals surface area contributed by atoms with E-state index >= 15 is 0 Å². The van der Waals surface area contributed by atoms with E-state index in [0.29, 0.717) is 12.3 Å². The summed E-state index contributed by atoms with van der Waals surface area (Å²) in [6, 6.07) is 1.76. The van der Waals surface area contributed by atoms with E-state index < -0.39 is 0 Å². The third-order valence-corrected chi connectivity index (χ3v) is 5.77. The summed E-state index contributed by atoms with van der Waals surface area (Å²) in [7, 11) is 0. The van der Waals surface area contributed by atoms with Crippen LogP contribution in [-0.4, -0.2) is 40.1 Å². The third kappa shape index (κ3) is 3.18. The molecule has 2 aliphatic rings. The fourth-order valence-corrected chi connectivity index (χ4v) is 3.84. The summed E-state index contributed by atoms with van der Waals surface area (Å²) in [5.41, 5.74) is 2.07. The Morgan fingerprint density at radius 1 is 1.38 bits per heavy atom. The van der Waals surface area contributed by atoms with Gasteiger partial charge in [0.1, 0.15) is 5.82 Å². The molecule has 2 aromatic heterocycles. The van der Waals surface area contributed by atoms with Crippen LogP contribution in [0.5, 0.6) is 0 Å². The van der Waals surface area contributed by atoms with Gasteiger partial charge in [0.15, 0.2) is 5.76 Å². The molecule has 1 aliphatic carbocycles. The molecule has 26 heavy (non-hydrogen) atoms. The molecule has 140 valence electrons. The molecular formula is C20H27N3O3. The Bertz CT molecular complexity index is 775. The lowest BCUT2D eigenvalue weighted by Gasteiger charge is -2.34. The number of aromatic nitrogens is 2. The van der Waals surface area contributed by atoms with Crippen molar-refractivity contribution in [3.8, 4) is 0 Å². The summed E-state index contributed by atoms with van der Waals surface area (Å²) in [6.45, 7) is 6.99. The third-order valence-electron chi connectivity index (χ3n) is 5.77. The maximum absolute atomic E-state index is 12.8. The number of ether oxygens (including phenoxy) is 1. The van der Waals surface area contributed by atoms with Crippen LogP contribution in [0.25, 0.3) is 0 Å². The Hall–Kier alpha value is -2.08. The summed E-state index contributed by atoms with van der Waals surface area (Å²) in [6.07, 6.45) is 8.37. The molecule has 0 saturated heterocycles. The zero-order valence-corrected chi connectivity index (χ0v) is 15.6. The summed E-state index contributed by atoms with van der Waals surface area (Å²) in [5.74, 6) is 2.10. The zero-order chi connectivity index (χ0) is 18.1. The molecular weight excluding hydrogens is 330 g/mol. The Labute approximate surface area is 154 Å². The van der Waals surface area contributed by atoms with Crippen LogP contribution >= 0.6 is 0 Å². The number of hydrogen-bond donors (Lipinski definition) is 0. The number of nitrogens with zero attached hydrogens (tertiary/aromatic N) is 3. The van der Waals surface area contributed by atoms with Gasteiger partial charge in [0.05, 0.1) is 18.9 Å². The minimum atomic E-state index is -0.0644. The summed E-state index contributed by atoms with van der Waals surface area (Å²) < 4.78 is 13.5. The van der Waals surface area contributed by atoms with Crippen molar-refractivity contribution in [3.63, 3.8) is 0 Å². The molecule has 6 nitrogen and oxygen atoms in total. The van der Waals surface area contributed by atoms with Crippen LogP contribution in [0.2, 0.25) is 0 Å². The number of fused-ring (bicyclic) bond motifs is 1. The van der Waals surface area contributed by atoms with Crippen LogP contribution in [0.4, 0.5) is 0 Å². The van der Waals surface area contributed by atoms with E-state index in [0.717, 1.165) is 43.5 Å². The first-order valence-electron chi connectivity index (χ1n) is 9.62. The molecule has 3 heterocycles. The van der Waals surface area contributed by atoms with Gasteiger partial charge in [0.25, 0.3) is 5.91 Å². The van der Waals surface area contributed by atoms with Crippen LogP contribution in [0.15, 0.2) is 22.9 Å². The minimum absolute atomic E-state index is 0.0559. The Kier molecular flexibility index (Phi) is 4.85. The van der Waals surface area contributed by atoms with E-state index in [-0.39, 0.29) is 11.9 Å². The summed E-state index contributed by atoms with van der Waals surface area (Å²) >= 11 is 0. The van der Waals surface area contributed by atoms with E-state index in [1.807, 2.05) is 31.0 Å². The SMILES string of the molecule is Cc1ccoc1C(=O)N1CCn2c(CCOCC3CCC3)cnc2[C@@H]1C. The van der Waals surface area contributed by atoms with E-state index in [1.54, 1.807) is 6.26 Å². The molecule has 0 radical (unpaired) electrons. The summed E-state index contributed by atoms with van der Waals surface area (Å²) in [4.78, 5) is 19.2. The van der Waals surface area contributed by atoms with Crippen LogP contribution in [0.3, 0.4) is 0 Å². The predicted octanol–water partition coefficient (Wildman–Crippen LogP) is 3.36. The highest BCUT2D eigenvalue weighted by atomic mass is 16.5. The molecule has 0 aromatic carbocycles. The topological polar surface area (TPSA) is 60.5 Å². The van der Waals surface area contributed by atoms with Crippen molar-refractivity contribution in [2.75, 3.05) is 19.8 Å². The van der Waals surface area contributed by atoms with E-state index in [1.165, 1.54) is 25.0 Å². The second kappa shape index (κ2) is 7.27. The largest absolute Gasteiger partial charge is 0.459 e. The molecule has 2 aromatic rings. The standard InChI is InChI=1S/C20H27N3O3/c1-14-6-11-26-18(14)20(24)22-8-9-23-17(12-21-19(23)15(22)2)7-10-25-13-16-4-3-5-16/h6,11-12,15-16H,3-5,7-10,13H2,1-2H3/t15-/m0/s1. The fourth-order valence-electron chi connectivity index (χ4n) is 3.84. The monoisotopic (exact) mass is 357 g/mol. The quantitative estimate of drug-likeness (QED) is 0.744. The first-order chi connectivity index (χ1) is 12.6. The van der Waals surface area contributed by atoms with E-state index in [9.17, 15) is 4.79 Å². The zero-order valence-electron chi connectivity index (χ0n) is 15.6. The molecule has 4 rings (SSSR count). The van der Waals surface area contributed by atoms with Crippen LogP contribution in [0, 0.1) is 12.8 Å². The van der Waals surface area contributed by atoms with Gasteiger partial charge in [0, 0.05) is 43.6 Å². The number of imidazole rings is 1. The number of furan rings is 1. The number of amides is 1. The van der Waals surface area contributed by atoms with Gasteiger partial charge in [-0.15, -0.1) is 0 Å². The van der Waals surface area contributed by atoms with Gasteiger partial charge >= 0.3 is 0 Å². The van der Waals surface area contributed by atoms with E-state index in [2.05, 4.69) is 9.55 Å². The molecule has 1 aliphatic heterocycles. The number of rotatable bonds is 6.